The second kappa shape index (κ2) is 8.68. The molecular weight excluding hydrogens is 414 g/mol. The van der Waals surface area contributed by atoms with E-state index in [0.717, 1.165) is 11.3 Å². The molecule has 0 bridgehead atoms. The Kier molecular flexibility index (Phi) is 6.26. The van der Waals surface area contributed by atoms with Crippen molar-refractivity contribution < 1.29 is 22.7 Å². The summed E-state index contributed by atoms with van der Waals surface area (Å²) >= 11 is 1.01. The molecule has 3 aromatic rings. The summed E-state index contributed by atoms with van der Waals surface area (Å²) in [6.07, 6.45) is 0. The molecule has 0 aliphatic carbocycles. The number of benzene rings is 2. The van der Waals surface area contributed by atoms with Crippen molar-refractivity contribution in [2.75, 3.05) is 7.11 Å². The quantitative estimate of drug-likeness (QED) is 0.551. The van der Waals surface area contributed by atoms with Crippen molar-refractivity contribution in [3.05, 3.63) is 60.2 Å². The SMILES string of the molecule is COC(=O)[C@H](C)NC(=O)[C@@H](NS(=O)(=O)c1nc2ccccc2s1)c1ccccc1. The van der Waals surface area contributed by atoms with Crippen LogP contribution >= 0.6 is 11.3 Å². The molecule has 0 radical (unpaired) electrons. The van der Waals surface area contributed by atoms with E-state index in [0.29, 0.717) is 15.8 Å². The Morgan fingerprint density at radius 2 is 1.72 bits per heavy atom. The zero-order valence-corrected chi connectivity index (χ0v) is 17.3. The van der Waals surface area contributed by atoms with E-state index in [1.54, 1.807) is 54.6 Å². The number of sulfonamides is 1. The maximum atomic E-state index is 12.9. The molecule has 152 valence electrons. The summed E-state index contributed by atoms with van der Waals surface area (Å²) in [4.78, 5) is 28.6. The van der Waals surface area contributed by atoms with Crippen molar-refractivity contribution >= 4 is 43.5 Å². The van der Waals surface area contributed by atoms with Gasteiger partial charge in [0.2, 0.25) is 10.2 Å². The van der Waals surface area contributed by atoms with Crippen LogP contribution in [0.3, 0.4) is 0 Å². The normalized spacial score (nSPS) is 13.6. The molecule has 2 aromatic carbocycles. The molecule has 2 N–H and O–H groups in total. The minimum Gasteiger partial charge on any atom is -0.467 e. The number of hydrogen-bond donors (Lipinski definition) is 2. The number of rotatable bonds is 7. The van der Waals surface area contributed by atoms with Gasteiger partial charge in [-0.1, -0.05) is 42.5 Å². The lowest BCUT2D eigenvalue weighted by molar-refractivity contribution is -0.144. The van der Waals surface area contributed by atoms with Gasteiger partial charge in [0.15, 0.2) is 0 Å². The Hall–Kier alpha value is -2.82. The van der Waals surface area contributed by atoms with Crippen molar-refractivity contribution in [1.82, 2.24) is 15.0 Å². The topological polar surface area (TPSA) is 114 Å². The predicted molar refractivity (Wildman–Crippen MR) is 109 cm³/mol. The summed E-state index contributed by atoms with van der Waals surface area (Å²) in [5.41, 5.74) is 0.977. The third-order valence-corrected chi connectivity index (χ3v) is 6.92. The van der Waals surface area contributed by atoms with Crippen molar-refractivity contribution in [3.8, 4) is 0 Å². The number of ether oxygens (including phenoxy) is 1. The zero-order chi connectivity index (χ0) is 21.0. The molecule has 0 unspecified atom stereocenters. The highest BCUT2D eigenvalue weighted by Crippen LogP contribution is 2.26. The Bertz CT molecular complexity index is 1100. The van der Waals surface area contributed by atoms with Gasteiger partial charge >= 0.3 is 5.97 Å². The van der Waals surface area contributed by atoms with Crippen LogP contribution in [0.25, 0.3) is 10.2 Å². The maximum absolute atomic E-state index is 12.9. The molecule has 0 spiro atoms. The van der Waals surface area contributed by atoms with E-state index in [-0.39, 0.29) is 4.34 Å². The fourth-order valence-corrected chi connectivity index (χ4v) is 5.04. The van der Waals surface area contributed by atoms with E-state index in [4.69, 9.17) is 0 Å². The van der Waals surface area contributed by atoms with Crippen LogP contribution in [0.4, 0.5) is 0 Å². The first-order chi connectivity index (χ1) is 13.8. The van der Waals surface area contributed by atoms with Crippen LogP contribution in [0.1, 0.15) is 18.5 Å². The first-order valence-electron chi connectivity index (χ1n) is 8.63. The third kappa shape index (κ3) is 4.78. The van der Waals surface area contributed by atoms with Gasteiger partial charge in [0.1, 0.15) is 12.1 Å². The van der Waals surface area contributed by atoms with Crippen LogP contribution in [0.5, 0.6) is 0 Å². The molecule has 0 aliphatic heterocycles. The average molecular weight is 434 g/mol. The lowest BCUT2D eigenvalue weighted by atomic mass is 10.1. The van der Waals surface area contributed by atoms with E-state index in [1.165, 1.54) is 14.0 Å². The predicted octanol–water partition coefficient (Wildman–Crippen LogP) is 1.99. The number of carbonyl (C=O) groups excluding carboxylic acids is 2. The van der Waals surface area contributed by atoms with Crippen LogP contribution in [0.15, 0.2) is 58.9 Å². The fraction of sp³-hybridized carbons (Fsp3) is 0.211. The monoisotopic (exact) mass is 433 g/mol. The van der Waals surface area contributed by atoms with Gasteiger partial charge in [0, 0.05) is 0 Å². The summed E-state index contributed by atoms with van der Waals surface area (Å²) in [5, 5.41) is 2.47. The summed E-state index contributed by atoms with van der Waals surface area (Å²) in [6.45, 7) is 1.45. The number of fused-ring (bicyclic) bond motifs is 1. The van der Waals surface area contributed by atoms with Crippen molar-refractivity contribution in [2.24, 2.45) is 0 Å². The van der Waals surface area contributed by atoms with Gasteiger partial charge in [-0.2, -0.15) is 4.72 Å². The Labute approximate surface area is 172 Å². The number of aromatic nitrogens is 1. The zero-order valence-electron chi connectivity index (χ0n) is 15.7. The first-order valence-corrected chi connectivity index (χ1v) is 10.9. The molecular formula is C19H19N3O5S2. The largest absolute Gasteiger partial charge is 0.467 e. The number of nitrogens with zero attached hydrogens (tertiary/aromatic N) is 1. The van der Waals surface area contributed by atoms with Crippen LogP contribution in [0.2, 0.25) is 0 Å². The minimum atomic E-state index is -4.10. The molecule has 29 heavy (non-hydrogen) atoms. The van der Waals surface area contributed by atoms with Crippen LogP contribution in [-0.2, 0) is 24.3 Å². The molecule has 3 rings (SSSR count). The van der Waals surface area contributed by atoms with Gasteiger partial charge in [-0.25, -0.2) is 18.2 Å². The van der Waals surface area contributed by atoms with Crippen molar-refractivity contribution in [2.45, 2.75) is 23.3 Å². The lowest BCUT2D eigenvalue weighted by Gasteiger charge is -2.20. The molecule has 0 fully saturated rings. The number of para-hydroxylation sites is 1. The third-order valence-electron chi connectivity index (χ3n) is 4.09. The number of amides is 1. The summed E-state index contributed by atoms with van der Waals surface area (Å²) in [5.74, 6) is -1.32. The van der Waals surface area contributed by atoms with Crippen LogP contribution in [0, 0.1) is 0 Å². The second-order valence-corrected chi connectivity index (χ2v) is 9.08. The maximum Gasteiger partial charge on any atom is 0.328 e. The van der Waals surface area contributed by atoms with Gasteiger partial charge in [-0.15, -0.1) is 11.3 Å². The number of esters is 1. The summed E-state index contributed by atoms with van der Waals surface area (Å²) < 4.78 is 33.4. The molecule has 2 atom stereocenters. The lowest BCUT2D eigenvalue weighted by Crippen LogP contribution is -2.46. The van der Waals surface area contributed by atoms with Crippen LogP contribution < -0.4 is 10.0 Å². The Morgan fingerprint density at radius 1 is 1.07 bits per heavy atom. The van der Waals surface area contributed by atoms with E-state index in [2.05, 4.69) is 19.8 Å². The molecule has 0 saturated heterocycles. The summed E-state index contributed by atoms with van der Waals surface area (Å²) in [7, 11) is -2.89. The molecule has 1 amide bonds. The molecule has 1 aromatic heterocycles. The number of thiazole rings is 1. The number of nitrogens with one attached hydrogen (secondary N) is 2. The van der Waals surface area contributed by atoms with E-state index < -0.39 is 34.0 Å². The molecule has 10 heteroatoms. The molecule has 0 saturated carbocycles. The second-order valence-electron chi connectivity index (χ2n) is 6.17. The minimum absolute atomic E-state index is 0.145. The van der Waals surface area contributed by atoms with Gasteiger partial charge in [-0.3, -0.25) is 4.79 Å². The van der Waals surface area contributed by atoms with Gasteiger partial charge in [0.05, 0.1) is 17.3 Å². The van der Waals surface area contributed by atoms with Crippen LogP contribution in [-0.4, -0.2) is 38.4 Å². The number of hydrogen-bond acceptors (Lipinski definition) is 7. The van der Waals surface area contributed by atoms with E-state index >= 15 is 0 Å². The average Bonchev–Trinajstić information content (AvgIpc) is 3.17. The highest BCUT2D eigenvalue weighted by molar-refractivity contribution is 7.91. The van der Waals surface area contributed by atoms with E-state index in [9.17, 15) is 18.0 Å². The molecule has 0 aliphatic rings. The van der Waals surface area contributed by atoms with Gasteiger partial charge in [-0.05, 0) is 24.6 Å². The van der Waals surface area contributed by atoms with Gasteiger partial charge < -0.3 is 10.1 Å². The summed E-state index contributed by atoms with van der Waals surface area (Å²) in [6, 6.07) is 13.2. The molecule has 8 nitrogen and oxygen atoms in total. The van der Waals surface area contributed by atoms with Crippen molar-refractivity contribution in [3.63, 3.8) is 0 Å². The highest BCUT2D eigenvalue weighted by Gasteiger charge is 2.31. The number of carbonyl (C=O) groups is 2. The molecule has 1 heterocycles. The Balaban J connectivity index is 1.91. The highest BCUT2D eigenvalue weighted by atomic mass is 32.2. The first kappa shape index (κ1) is 20.9. The van der Waals surface area contributed by atoms with Gasteiger partial charge in [0.25, 0.3) is 10.0 Å². The number of methoxy groups -OCH3 is 1. The van der Waals surface area contributed by atoms with Crippen molar-refractivity contribution in [1.29, 1.82) is 0 Å². The fourth-order valence-electron chi connectivity index (χ4n) is 2.62. The smallest absolute Gasteiger partial charge is 0.328 e. The Morgan fingerprint density at radius 3 is 2.38 bits per heavy atom. The standard InChI is InChI=1S/C19H19N3O5S2/c1-12(18(24)27-2)20-17(23)16(13-8-4-3-5-9-13)22-29(25,26)19-21-14-10-6-7-11-15(14)28-19/h3-12,16,22H,1-2H3,(H,20,23)/t12-,16-/m0/s1. The van der Waals surface area contributed by atoms with E-state index in [1.807, 2.05) is 0 Å².